The van der Waals surface area contributed by atoms with Crippen LogP contribution in [0.15, 0.2) is 86.0 Å². The number of benzene rings is 3. The van der Waals surface area contributed by atoms with Crippen LogP contribution in [0.2, 0.25) is 0 Å². The highest BCUT2D eigenvalue weighted by Gasteiger charge is 2.01. The van der Waals surface area contributed by atoms with Gasteiger partial charge in [-0.25, -0.2) is 0 Å². The highest BCUT2D eigenvalue weighted by molar-refractivity contribution is 5.52. The molecule has 26 heavy (non-hydrogen) atoms. The number of hydrogen-bond donors (Lipinski definition) is 0. The summed E-state index contributed by atoms with van der Waals surface area (Å²) in [6.07, 6.45) is 8.10. The standard InChI is InChI=1S/C26H26/c1-3-21-9-11-22(12-10-21)13-14-23-15-17-24(18-16-23)19-20-26-8-6-5-7-25(26)4-2/h3-12,15-18H,1-2,13-14,19-20H2. The predicted octanol–water partition coefficient (Wildman–Crippen LogP) is 6.54. The minimum Gasteiger partial charge on any atom is -0.0985 e. The lowest BCUT2D eigenvalue weighted by Gasteiger charge is -2.07. The Balaban J connectivity index is 1.54. The van der Waals surface area contributed by atoms with E-state index in [1.165, 1.54) is 33.4 Å². The molecule has 0 aromatic heterocycles. The van der Waals surface area contributed by atoms with Crippen LogP contribution >= 0.6 is 0 Å². The highest BCUT2D eigenvalue weighted by Crippen LogP contribution is 2.15. The second-order valence-electron chi connectivity index (χ2n) is 6.67. The molecule has 0 aliphatic carbocycles. The predicted molar refractivity (Wildman–Crippen MR) is 114 cm³/mol. The van der Waals surface area contributed by atoms with E-state index in [9.17, 15) is 0 Å². The first-order chi connectivity index (χ1) is 12.8. The lowest BCUT2D eigenvalue weighted by molar-refractivity contribution is 0.938. The smallest absolute Gasteiger partial charge is 0.0230 e. The molecule has 0 N–H and O–H groups in total. The molecule has 0 aliphatic rings. The van der Waals surface area contributed by atoms with Crippen LogP contribution in [0.25, 0.3) is 12.2 Å². The molecule has 0 fully saturated rings. The van der Waals surface area contributed by atoms with Gasteiger partial charge >= 0.3 is 0 Å². The third-order valence-corrected chi connectivity index (χ3v) is 4.90. The van der Waals surface area contributed by atoms with Gasteiger partial charge in [-0.1, -0.05) is 98.1 Å². The maximum atomic E-state index is 3.91. The van der Waals surface area contributed by atoms with E-state index in [1.807, 2.05) is 12.2 Å². The zero-order chi connectivity index (χ0) is 18.2. The molecule has 3 aromatic rings. The van der Waals surface area contributed by atoms with Crippen LogP contribution in [0.4, 0.5) is 0 Å². The maximum absolute atomic E-state index is 3.91. The van der Waals surface area contributed by atoms with Gasteiger partial charge < -0.3 is 0 Å². The first-order valence-corrected chi connectivity index (χ1v) is 9.28. The molecule has 0 amide bonds. The summed E-state index contributed by atoms with van der Waals surface area (Å²) >= 11 is 0. The van der Waals surface area contributed by atoms with Crippen LogP contribution in [0, 0.1) is 0 Å². The molecule has 0 atom stereocenters. The molecule has 0 aliphatic heterocycles. The van der Waals surface area contributed by atoms with E-state index in [0.717, 1.165) is 25.7 Å². The fourth-order valence-corrected chi connectivity index (χ4v) is 3.22. The summed E-state index contributed by atoms with van der Waals surface area (Å²) in [5.41, 5.74) is 7.95. The molecule has 0 bridgehead atoms. The molecule has 0 saturated carbocycles. The summed E-state index contributed by atoms with van der Waals surface area (Å²) < 4.78 is 0. The third-order valence-electron chi connectivity index (χ3n) is 4.90. The van der Waals surface area contributed by atoms with Gasteiger partial charge in [-0.15, -0.1) is 0 Å². The maximum Gasteiger partial charge on any atom is -0.0230 e. The van der Waals surface area contributed by atoms with Crippen molar-refractivity contribution in [3.05, 3.63) is 119 Å². The third kappa shape index (κ3) is 4.83. The van der Waals surface area contributed by atoms with Gasteiger partial charge in [-0.2, -0.15) is 0 Å². The van der Waals surface area contributed by atoms with Crippen molar-refractivity contribution < 1.29 is 0 Å². The Bertz CT molecular complexity index is 851. The van der Waals surface area contributed by atoms with E-state index >= 15 is 0 Å². The number of hydrogen-bond acceptors (Lipinski definition) is 0. The van der Waals surface area contributed by atoms with Gasteiger partial charge in [-0.05, 0) is 59.1 Å². The summed E-state index contributed by atoms with van der Waals surface area (Å²) in [5.74, 6) is 0. The summed E-state index contributed by atoms with van der Waals surface area (Å²) in [7, 11) is 0. The lowest BCUT2D eigenvalue weighted by Crippen LogP contribution is -1.95. The Labute approximate surface area is 157 Å². The number of rotatable bonds is 8. The fraction of sp³-hybridized carbons (Fsp3) is 0.154. The molecule has 0 heterocycles. The van der Waals surface area contributed by atoms with Gasteiger partial charge in [0, 0.05) is 0 Å². The van der Waals surface area contributed by atoms with Crippen molar-refractivity contribution in [2.75, 3.05) is 0 Å². The summed E-state index contributed by atoms with van der Waals surface area (Å²) in [6.45, 7) is 7.71. The van der Waals surface area contributed by atoms with Crippen LogP contribution in [0.5, 0.6) is 0 Å². The molecule has 0 saturated heterocycles. The van der Waals surface area contributed by atoms with Gasteiger partial charge in [0.2, 0.25) is 0 Å². The molecular formula is C26H26. The van der Waals surface area contributed by atoms with E-state index in [-0.39, 0.29) is 0 Å². The first kappa shape index (κ1) is 17.9. The zero-order valence-corrected chi connectivity index (χ0v) is 15.3. The first-order valence-electron chi connectivity index (χ1n) is 9.28. The Morgan fingerprint density at radius 2 is 1.04 bits per heavy atom. The SMILES string of the molecule is C=Cc1ccc(CCc2ccc(CCc3ccccc3C=C)cc2)cc1. The topological polar surface area (TPSA) is 0 Å². The molecule has 0 spiro atoms. The quantitative estimate of drug-likeness (QED) is 0.437. The zero-order valence-electron chi connectivity index (χ0n) is 15.3. The molecule has 3 aromatic carbocycles. The van der Waals surface area contributed by atoms with Crippen LogP contribution in [-0.2, 0) is 25.7 Å². The van der Waals surface area contributed by atoms with Crippen molar-refractivity contribution in [3.8, 4) is 0 Å². The van der Waals surface area contributed by atoms with E-state index < -0.39 is 0 Å². The molecular weight excluding hydrogens is 312 g/mol. The van der Waals surface area contributed by atoms with Gasteiger partial charge in [-0.3, -0.25) is 0 Å². The Kier molecular flexibility index (Phi) is 6.22. The molecule has 0 nitrogen and oxygen atoms in total. The highest BCUT2D eigenvalue weighted by atomic mass is 14.1. The van der Waals surface area contributed by atoms with Gasteiger partial charge in [0.05, 0.1) is 0 Å². The van der Waals surface area contributed by atoms with E-state index in [0.29, 0.717) is 0 Å². The molecule has 0 heteroatoms. The number of aryl methyl sites for hydroxylation is 4. The van der Waals surface area contributed by atoms with Crippen molar-refractivity contribution >= 4 is 12.2 Å². The molecule has 0 radical (unpaired) electrons. The van der Waals surface area contributed by atoms with Crippen LogP contribution in [-0.4, -0.2) is 0 Å². The monoisotopic (exact) mass is 338 g/mol. The Hall–Kier alpha value is -2.86. The fourth-order valence-electron chi connectivity index (χ4n) is 3.22. The van der Waals surface area contributed by atoms with Crippen molar-refractivity contribution in [2.24, 2.45) is 0 Å². The Morgan fingerprint density at radius 1 is 0.538 bits per heavy atom. The van der Waals surface area contributed by atoms with Crippen molar-refractivity contribution in [1.82, 2.24) is 0 Å². The lowest BCUT2D eigenvalue weighted by atomic mass is 9.98. The summed E-state index contributed by atoms with van der Waals surface area (Å²) in [6, 6.07) is 26.2. The van der Waals surface area contributed by atoms with Crippen molar-refractivity contribution in [3.63, 3.8) is 0 Å². The minimum absolute atomic E-state index is 1.05. The second-order valence-corrected chi connectivity index (χ2v) is 6.67. The Morgan fingerprint density at radius 3 is 1.58 bits per heavy atom. The van der Waals surface area contributed by atoms with Crippen molar-refractivity contribution in [1.29, 1.82) is 0 Å². The molecule has 3 rings (SSSR count). The minimum atomic E-state index is 1.05. The molecule has 130 valence electrons. The van der Waals surface area contributed by atoms with Crippen molar-refractivity contribution in [2.45, 2.75) is 25.7 Å². The van der Waals surface area contributed by atoms with Gasteiger partial charge in [0.25, 0.3) is 0 Å². The molecule has 0 unspecified atom stereocenters. The van der Waals surface area contributed by atoms with Crippen LogP contribution < -0.4 is 0 Å². The average molecular weight is 338 g/mol. The normalized spacial score (nSPS) is 10.5. The van der Waals surface area contributed by atoms with Gasteiger partial charge in [0.15, 0.2) is 0 Å². The van der Waals surface area contributed by atoms with E-state index in [2.05, 4.69) is 86.0 Å². The van der Waals surface area contributed by atoms with Gasteiger partial charge in [0.1, 0.15) is 0 Å². The van der Waals surface area contributed by atoms with E-state index in [1.54, 1.807) is 0 Å². The van der Waals surface area contributed by atoms with Crippen LogP contribution in [0.1, 0.15) is 33.4 Å². The summed E-state index contributed by atoms with van der Waals surface area (Å²) in [5, 5.41) is 0. The second kappa shape index (κ2) is 9.01. The average Bonchev–Trinajstić information content (AvgIpc) is 2.72. The van der Waals surface area contributed by atoms with E-state index in [4.69, 9.17) is 0 Å². The van der Waals surface area contributed by atoms with Crippen LogP contribution in [0.3, 0.4) is 0 Å². The summed E-state index contributed by atoms with van der Waals surface area (Å²) in [4.78, 5) is 0. The largest absolute Gasteiger partial charge is 0.0985 e.